The summed E-state index contributed by atoms with van der Waals surface area (Å²) in [6, 6.07) is 7.82. The van der Waals surface area contributed by atoms with E-state index in [-0.39, 0.29) is 16.6 Å². The molecule has 4 nitrogen and oxygen atoms in total. The van der Waals surface area contributed by atoms with Crippen LogP contribution < -0.4 is 10.5 Å². The Kier molecular flexibility index (Phi) is 3.62. The number of rotatable bonds is 2. The number of nitrogens with zero attached hydrogens (tertiary/aromatic N) is 2. The van der Waals surface area contributed by atoms with Crippen LogP contribution in [0.5, 0.6) is 11.6 Å². The predicted molar refractivity (Wildman–Crippen MR) is 76.7 cm³/mol. The molecule has 0 atom stereocenters. The molecule has 5 heteroatoms. The first kappa shape index (κ1) is 13.6. The topological polar surface area (TPSA) is 61.0 Å². The van der Waals surface area contributed by atoms with E-state index in [1.165, 1.54) is 11.8 Å². The Balaban J connectivity index is 2.31. The monoisotopic (exact) mass is 277 g/mol. The third-order valence-electron chi connectivity index (χ3n) is 2.67. The molecule has 0 unspecified atom stereocenters. The average Bonchev–Trinajstić information content (AvgIpc) is 2.33. The Morgan fingerprint density at radius 1 is 1.26 bits per heavy atom. The molecule has 0 radical (unpaired) electrons. The first-order valence-electron chi connectivity index (χ1n) is 5.92. The Morgan fingerprint density at radius 2 is 2.00 bits per heavy atom. The molecule has 19 heavy (non-hydrogen) atoms. The van der Waals surface area contributed by atoms with Crippen LogP contribution in [0, 0.1) is 0 Å². The molecule has 2 N–H and O–H groups in total. The van der Waals surface area contributed by atoms with Crippen LogP contribution in [-0.2, 0) is 5.41 Å². The van der Waals surface area contributed by atoms with Crippen LogP contribution in [0.25, 0.3) is 0 Å². The van der Waals surface area contributed by atoms with Crippen molar-refractivity contribution in [2.24, 2.45) is 0 Å². The van der Waals surface area contributed by atoms with Gasteiger partial charge in [-0.15, -0.1) is 0 Å². The predicted octanol–water partition coefficient (Wildman–Crippen LogP) is 3.80. The third-order valence-corrected chi connectivity index (χ3v) is 2.85. The molecule has 2 aromatic rings. The largest absolute Gasteiger partial charge is 0.437 e. The van der Waals surface area contributed by atoms with Crippen molar-refractivity contribution in [1.82, 2.24) is 9.97 Å². The highest BCUT2D eigenvalue weighted by Gasteiger charge is 2.14. The van der Waals surface area contributed by atoms with Gasteiger partial charge in [0.2, 0.25) is 11.2 Å². The first-order valence-corrected chi connectivity index (χ1v) is 6.30. The minimum absolute atomic E-state index is 0.0498. The number of hydrogen-bond donors (Lipinski definition) is 1. The summed E-state index contributed by atoms with van der Waals surface area (Å²) in [6.07, 6.45) is 1.43. The molecular weight excluding hydrogens is 262 g/mol. The summed E-state index contributed by atoms with van der Waals surface area (Å²) in [5.74, 6) is 0.944. The number of hydrogen-bond acceptors (Lipinski definition) is 4. The Bertz CT molecular complexity index is 593. The van der Waals surface area contributed by atoms with Gasteiger partial charge in [0.15, 0.2) is 0 Å². The van der Waals surface area contributed by atoms with Crippen molar-refractivity contribution < 1.29 is 4.74 Å². The second-order valence-corrected chi connectivity index (χ2v) is 5.62. The lowest BCUT2D eigenvalue weighted by Gasteiger charge is -2.19. The minimum atomic E-state index is 0.0498. The van der Waals surface area contributed by atoms with Gasteiger partial charge in [0.1, 0.15) is 11.4 Å². The fraction of sp³-hybridized carbons (Fsp3) is 0.286. The second-order valence-electron chi connectivity index (χ2n) is 5.28. The molecule has 0 fully saturated rings. The standard InChI is InChI=1S/C14H16ClN3O/c1-14(2,3)9-5-4-6-10(7-9)19-12-11(16)8-17-13(15)18-12/h4-8H,16H2,1-3H3. The van der Waals surface area contributed by atoms with Crippen molar-refractivity contribution in [1.29, 1.82) is 0 Å². The van der Waals surface area contributed by atoms with E-state index in [1.807, 2.05) is 18.2 Å². The van der Waals surface area contributed by atoms with Crippen LogP contribution in [0.1, 0.15) is 26.3 Å². The van der Waals surface area contributed by atoms with Crippen LogP contribution in [0.15, 0.2) is 30.5 Å². The lowest BCUT2D eigenvalue weighted by Crippen LogP contribution is -2.10. The molecule has 1 aromatic carbocycles. The Hall–Kier alpha value is -1.81. The van der Waals surface area contributed by atoms with E-state index >= 15 is 0 Å². The maximum absolute atomic E-state index is 5.75. The number of nitrogens with two attached hydrogens (primary N) is 1. The lowest BCUT2D eigenvalue weighted by molar-refractivity contribution is 0.461. The molecule has 0 aliphatic rings. The van der Waals surface area contributed by atoms with Gasteiger partial charge in [-0.2, -0.15) is 4.98 Å². The molecule has 0 saturated heterocycles. The molecule has 0 aliphatic carbocycles. The molecule has 0 amide bonds. The summed E-state index contributed by atoms with van der Waals surface area (Å²) in [4.78, 5) is 7.75. The van der Waals surface area contributed by atoms with Crippen molar-refractivity contribution in [2.45, 2.75) is 26.2 Å². The molecule has 0 aliphatic heterocycles. The zero-order valence-electron chi connectivity index (χ0n) is 11.1. The summed E-state index contributed by atoms with van der Waals surface area (Å²) < 4.78 is 5.67. The maximum Gasteiger partial charge on any atom is 0.247 e. The number of nitrogen functional groups attached to an aromatic ring is 1. The summed E-state index contributed by atoms with van der Waals surface area (Å²) in [5, 5.41) is 0.108. The highest BCUT2D eigenvalue weighted by atomic mass is 35.5. The van der Waals surface area contributed by atoms with Crippen LogP contribution in [0.3, 0.4) is 0 Å². The van der Waals surface area contributed by atoms with Gasteiger partial charge < -0.3 is 10.5 Å². The average molecular weight is 278 g/mol. The fourth-order valence-corrected chi connectivity index (χ4v) is 1.70. The number of benzene rings is 1. The minimum Gasteiger partial charge on any atom is -0.437 e. The van der Waals surface area contributed by atoms with Crippen molar-refractivity contribution in [3.63, 3.8) is 0 Å². The van der Waals surface area contributed by atoms with Gasteiger partial charge in [-0.1, -0.05) is 32.9 Å². The molecule has 0 spiro atoms. The molecular formula is C14H16ClN3O. The van der Waals surface area contributed by atoms with E-state index in [1.54, 1.807) is 0 Å². The van der Waals surface area contributed by atoms with E-state index in [0.29, 0.717) is 11.4 Å². The van der Waals surface area contributed by atoms with Crippen molar-refractivity contribution in [3.8, 4) is 11.6 Å². The summed E-state index contributed by atoms with van der Waals surface area (Å²) >= 11 is 5.73. The number of aromatic nitrogens is 2. The molecule has 1 heterocycles. The van der Waals surface area contributed by atoms with Crippen LogP contribution in [0.2, 0.25) is 5.28 Å². The van der Waals surface area contributed by atoms with Gasteiger partial charge in [0, 0.05) is 0 Å². The molecule has 0 saturated carbocycles. The van der Waals surface area contributed by atoms with Gasteiger partial charge >= 0.3 is 0 Å². The van der Waals surface area contributed by atoms with E-state index in [4.69, 9.17) is 22.1 Å². The van der Waals surface area contributed by atoms with E-state index in [9.17, 15) is 0 Å². The summed E-state index contributed by atoms with van der Waals surface area (Å²) in [7, 11) is 0. The van der Waals surface area contributed by atoms with Gasteiger partial charge in [-0.25, -0.2) is 4.98 Å². The van der Waals surface area contributed by atoms with Crippen LogP contribution in [-0.4, -0.2) is 9.97 Å². The van der Waals surface area contributed by atoms with Gasteiger partial charge in [0.05, 0.1) is 6.20 Å². The number of halogens is 1. The highest BCUT2D eigenvalue weighted by molar-refractivity contribution is 6.28. The normalized spacial score (nSPS) is 11.4. The summed E-state index contributed by atoms with van der Waals surface area (Å²) in [5.41, 5.74) is 7.32. The van der Waals surface area contributed by atoms with Crippen molar-refractivity contribution in [3.05, 3.63) is 41.3 Å². The van der Waals surface area contributed by atoms with E-state index in [0.717, 1.165) is 0 Å². The fourth-order valence-electron chi connectivity index (χ4n) is 1.57. The highest BCUT2D eigenvalue weighted by Crippen LogP contribution is 2.29. The van der Waals surface area contributed by atoms with Gasteiger partial charge in [-0.3, -0.25) is 0 Å². The van der Waals surface area contributed by atoms with Crippen LogP contribution >= 0.6 is 11.6 Å². The quantitative estimate of drug-likeness (QED) is 0.848. The lowest BCUT2D eigenvalue weighted by atomic mass is 9.87. The Labute approximate surface area is 117 Å². The SMILES string of the molecule is CC(C)(C)c1cccc(Oc2nc(Cl)ncc2N)c1. The van der Waals surface area contributed by atoms with Gasteiger partial charge in [0.25, 0.3) is 0 Å². The molecule has 1 aromatic heterocycles. The third kappa shape index (κ3) is 3.35. The molecule has 2 rings (SSSR count). The number of anilines is 1. The zero-order chi connectivity index (χ0) is 14.0. The van der Waals surface area contributed by atoms with Gasteiger partial charge in [-0.05, 0) is 34.7 Å². The van der Waals surface area contributed by atoms with Crippen molar-refractivity contribution >= 4 is 17.3 Å². The molecule has 100 valence electrons. The van der Waals surface area contributed by atoms with E-state index < -0.39 is 0 Å². The summed E-state index contributed by atoms with van der Waals surface area (Å²) in [6.45, 7) is 6.42. The van der Waals surface area contributed by atoms with Crippen LogP contribution in [0.4, 0.5) is 5.69 Å². The van der Waals surface area contributed by atoms with E-state index in [2.05, 4.69) is 36.8 Å². The molecule has 0 bridgehead atoms. The first-order chi connectivity index (χ1) is 8.86. The number of ether oxygens (including phenoxy) is 1. The Morgan fingerprint density at radius 3 is 2.68 bits per heavy atom. The maximum atomic E-state index is 5.75. The van der Waals surface area contributed by atoms with Crippen molar-refractivity contribution in [2.75, 3.05) is 5.73 Å². The zero-order valence-corrected chi connectivity index (χ0v) is 11.9. The second kappa shape index (κ2) is 5.05. The smallest absolute Gasteiger partial charge is 0.247 e.